The Kier molecular flexibility index (Phi) is 8.18. The van der Waals surface area contributed by atoms with Gasteiger partial charge in [-0.2, -0.15) is 0 Å². The molecule has 1 aromatic carbocycles. The molecule has 1 amide bonds. The van der Waals surface area contributed by atoms with Crippen LogP contribution >= 0.6 is 12.4 Å². The van der Waals surface area contributed by atoms with Crippen molar-refractivity contribution in [1.82, 2.24) is 5.32 Å². The van der Waals surface area contributed by atoms with Crippen LogP contribution in [0.5, 0.6) is 5.75 Å². The summed E-state index contributed by atoms with van der Waals surface area (Å²) in [5.41, 5.74) is 6.47. The maximum absolute atomic E-state index is 13.5. The molecule has 0 aliphatic heterocycles. The summed E-state index contributed by atoms with van der Waals surface area (Å²) < 4.78 is 18.3. The van der Waals surface area contributed by atoms with Gasteiger partial charge in [0.05, 0.1) is 13.2 Å². The predicted octanol–water partition coefficient (Wildman–Crippen LogP) is 2.25. The van der Waals surface area contributed by atoms with Crippen molar-refractivity contribution in [2.45, 2.75) is 32.9 Å². The van der Waals surface area contributed by atoms with E-state index in [4.69, 9.17) is 10.5 Å². The minimum atomic E-state index is -0.534. The molecule has 0 radical (unpaired) electrons. The Bertz CT molecular complexity index is 443. The highest BCUT2D eigenvalue weighted by molar-refractivity contribution is 5.85. The quantitative estimate of drug-likeness (QED) is 0.847. The number of ether oxygens (including phenoxy) is 1. The van der Waals surface area contributed by atoms with Gasteiger partial charge in [-0.05, 0) is 23.6 Å². The van der Waals surface area contributed by atoms with Crippen LogP contribution in [0.2, 0.25) is 0 Å². The number of hydrogen-bond donors (Lipinski definition) is 2. The highest BCUT2D eigenvalue weighted by Crippen LogP contribution is 2.17. The summed E-state index contributed by atoms with van der Waals surface area (Å²) in [4.78, 5) is 11.8. The molecule has 1 rings (SSSR count). The monoisotopic (exact) mass is 304 g/mol. The van der Waals surface area contributed by atoms with E-state index >= 15 is 0 Å². The number of amides is 1. The summed E-state index contributed by atoms with van der Waals surface area (Å²) in [6, 6.07) is 4.05. The number of rotatable bonds is 6. The lowest BCUT2D eigenvalue weighted by Crippen LogP contribution is -2.44. The lowest BCUT2D eigenvalue weighted by atomic mass is 9.99. The number of methoxy groups -OCH3 is 1. The minimum Gasteiger partial charge on any atom is -0.494 e. The molecule has 3 N–H and O–H groups in total. The highest BCUT2D eigenvalue weighted by atomic mass is 35.5. The molecule has 0 fully saturated rings. The van der Waals surface area contributed by atoms with Gasteiger partial charge in [-0.15, -0.1) is 12.4 Å². The van der Waals surface area contributed by atoms with Gasteiger partial charge in [-0.25, -0.2) is 4.39 Å². The third kappa shape index (κ3) is 4.98. The maximum Gasteiger partial charge on any atom is 0.237 e. The molecular weight excluding hydrogens is 283 g/mol. The van der Waals surface area contributed by atoms with Gasteiger partial charge in [-0.1, -0.05) is 26.3 Å². The number of benzene rings is 1. The van der Waals surface area contributed by atoms with Gasteiger partial charge >= 0.3 is 0 Å². The van der Waals surface area contributed by atoms with Crippen molar-refractivity contribution in [3.63, 3.8) is 0 Å². The van der Waals surface area contributed by atoms with Crippen LogP contribution in [0.1, 0.15) is 25.8 Å². The van der Waals surface area contributed by atoms with Gasteiger partial charge in [-0.3, -0.25) is 4.79 Å². The summed E-state index contributed by atoms with van der Waals surface area (Å²) in [5.74, 6) is -0.356. The van der Waals surface area contributed by atoms with Crippen molar-refractivity contribution in [3.05, 3.63) is 29.6 Å². The summed E-state index contributed by atoms with van der Waals surface area (Å²) in [6.07, 6.45) is 0.839. The molecule has 0 saturated heterocycles. The Morgan fingerprint density at radius 2 is 2.15 bits per heavy atom. The van der Waals surface area contributed by atoms with E-state index in [1.807, 2.05) is 13.8 Å². The third-order valence-electron chi connectivity index (χ3n) is 3.24. The zero-order valence-corrected chi connectivity index (χ0v) is 12.8. The topological polar surface area (TPSA) is 64.4 Å². The van der Waals surface area contributed by atoms with Crippen LogP contribution in [0.4, 0.5) is 4.39 Å². The summed E-state index contributed by atoms with van der Waals surface area (Å²) in [6.45, 7) is 4.16. The van der Waals surface area contributed by atoms with Crippen LogP contribution in [0, 0.1) is 11.7 Å². The van der Waals surface area contributed by atoms with Crippen LogP contribution in [-0.4, -0.2) is 19.1 Å². The zero-order valence-electron chi connectivity index (χ0n) is 12.0. The molecule has 0 bridgehead atoms. The van der Waals surface area contributed by atoms with Crippen LogP contribution in [0.15, 0.2) is 18.2 Å². The zero-order chi connectivity index (χ0) is 14.4. The lowest BCUT2D eigenvalue weighted by molar-refractivity contribution is -0.123. The van der Waals surface area contributed by atoms with Gasteiger partial charge in [0, 0.05) is 6.54 Å². The third-order valence-corrected chi connectivity index (χ3v) is 3.24. The van der Waals surface area contributed by atoms with E-state index in [9.17, 15) is 9.18 Å². The number of hydrogen-bond acceptors (Lipinski definition) is 3. The Balaban J connectivity index is 0.00000361. The second-order valence-electron chi connectivity index (χ2n) is 4.60. The fourth-order valence-corrected chi connectivity index (χ4v) is 1.64. The van der Waals surface area contributed by atoms with E-state index in [2.05, 4.69) is 5.32 Å². The van der Waals surface area contributed by atoms with Crippen molar-refractivity contribution in [2.75, 3.05) is 7.11 Å². The average Bonchev–Trinajstić information content (AvgIpc) is 2.43. The Morgan fingerprint density at radius 3 is 2.65 bits per heavy atom. The van der Waals surface area contributed by atoms with Crippen molar-refractivity contribution in [2.24, 2.45) is 11.7 Å². The van der Waals surface area contributed by atoms with E-state index < -0.39 is 11.9 Å². The average molecular weight is 305 g/mol. The van der Waals surface area contributed by atoms with Crippen molar-refractivity contribution < 1.29 is 13.9 Å². The van der Waals surface area contributed by atoms with Crippen LogP contribution in [0.25, 0.3) is 0 Å². The molecule has 114 valence electrons. The second kappa shape index (κ2) is 8.76. The van der Waals surface area contributed by atoms with Crippen molar-refractivity contribution >= 4 is 18.3 Å². The molecule has 0 heterocycles. The van der Waals surface area contributed by atoms with Crippen molar-refractivity contribution in [3.8, 4) is 5.75 Å². The molecule has 4 nitrogen and oxygen atoms in total. The minimum absolute atomic E-state index is 0. The van der Waals surface area contributed by atoms with E-state index in [-0.39, 0.29) is 36.5 Å². The Morgan fingerprint density at radius 1 is 1.50 bits per heavy atom. The molecule has 6 heteroatoms. The normalized spacial score (nSPS) is 13.1. The van der Waals surface area contributed by atoms with Gasteiger partial charge < -0.3 is 15.8 Å². The standard InChI is InChI=1S/C14H21FN2O2.ClH/c1-4-9(2)13(16)14(18)17-8-10-5-6-12(19-3)11(15)7-10;/h5-7,9,13H,4,8,16H2,1-3H3,(H,17,18);1H. The van der Waals surface area contributed by atoms with Gasteiger partial charge in [0.1, 0.15) is 0 Å². The van der Waals surface area contributed by atoms with Crippen molar-refractivity contribution in [1.29, 1.82) is 0 Å². The van der Waals surface area contributed by atoms with E-state index in [0.717, 1.165) is 6.42 Å². The molecule has 0 aromatic heterocycles. The first-order valence-corrected chi connectivity index (χ1v) is 6.35. The summed E-state index contributed by atoms with van der Waals surface area (Å²) in [5, 5.41) is 2.71. The Labute approximate surface area is 125 Å². The van der Waals surface area contributed by atoms with Crippen LogP contribution in [0.3, 0.4) is 0 Å². The molecule has 2 unspecified atom stereocenters. The smallest absolute Gasteiger partial charge is 0.237 e. The summed E-state index contributed by atoms with van der Waals surface area (Å²) >= 11 is 0. The van der Waals surface area contributed by atoms with E-state index in [1.165, 1.54) is 19.2 Å². The molecule has 0 spiro atoms. The lowest BCUT2D eigenvalue weighted by Gasteiger charge is -2.17. The number of carbonyl (C=O) groups is 1. The number of halogens is 2. The highest BCUT2D eigenvalue weighted by Gasteiger charge is 2.18. The first kappa shape index (κ1) is 18.7. The fraction of sp³-hybridized carbons (Fsp3) is 0.500. The number of carbonyl (C=O) groups excluding carboxylic acids is 1. The van der Waals surface area contributed by atoms with Gasteiger partial charge in [0.15, 0.2) is 11.6 Å². The molecule has 20 heavy (non-hydrogen) atoms. The largest absolute Gasteiger partial charge is 0.494 e. The second-order valence-corrected chi connectivity index (χ2v) is 4.60. The molecule has 0 aliphatic rings. The van der Waals surface area contributed by atoms with Gasteiger partial charge in [0.2, 0.25) is 5.91 Å². The van der Waals surface area contributed by atoms with Gasteiger partial charge in [0.25, 0.3) is 0 Å². The molecular formula is C14H22ClFN2O2. The fourth-order valence-electron chi connectivity index (χ4n) is 1.64. The summed E-state index contributed by atoms with van der Waals surface area (Å²) in [7, 11) is 1.41. The van der Waals surface area contributed by atoms with E-state index in [1.54, 1.807) is 6.07 Å². The Hall–Kier alpha value is -1.33. The predicted molar refractivity (Wildman–Crippen MR) is 79.5 cm³/mol. The number of nitrogens with one attached hydrogen (secondary N) is 1. The maximum atomic E-state index is 13.5. The van der Waals surface area contributed by atoms with Crippen LogP contribution < -0.4 is 15.8 Å². The van der Waals surface area contributed by atoms with Crippen LogP contribution in [-0.2, 0) is 11.3 Å². The SMILES string of the molecule is CCC(C)C(N)C(=O)NCc1ccc(OC)c(F)c1.Cl. The first-order chi connectivity index (χ1) is 8.99. The number of nitrogens with two attached hydrogens (primary N) is 1. The molecule has 0 saturated carbocycles. The van der Waals surface area contributed by atoms with E-state index in [0.29, 0.717) is 5.56 Å². The first-order valence-electron chi connectivity index (χ1n) is 6.35. The molecule has 1 aromatic rings. The molecule has 2 atom stereocenters. The molecule has 0 aliphatic carbocycles.